The number of hydrogen-bond acceptors (Lipinski definition) is 2. The maximum Gasteiger partial charge on any atom is 0.341 e. The fourth-order valence-electron chi connectivity index (χ4n) is 1.86. The monoisotopic (exact) mass is 287 g/mol. The molecule has 0 spiro atoms. The number of rotatable bonds is 3. The van der Waals surface area contributed by atoms with Crippen LogP contribution >= 0.6 is 11.6 Å². The molecule has 5 heteroatoms. The van der Waals surface area contributed by atoms with Crippen LogP contribution in [0.2, 0.25) is 5.02 Å². The van der Waals surface area contributed by atoms with Gasteiger partial charge >= 0.3 is 5.97 Å². The Morgan fingerprint density at radius 3 is 2.45 bits per heavy atom. The van der Waals surface area contributed by atoms with E-state index in [2.05, 4.69) is 5.92 Å². The Bertz CT molecular complexity index is 754. The number of pyridine rings is 1. The molecular weight excluding hydrogens is 278 g/mol. The summed E-state index contributed by atoms with van der Waals surface area (Å²) in [5.74, 6) is 1.08. The van der Waals surface area contributed by atoms with Crippen LogP contribution in [-0.4, -0.2) is 15.6 Å². The van der Waals surface area contributed by atoms with E-state index in [9.17, 15) is 9.59 Å². The lowest BCUT2D eigenvalue weighted by Gasteiger charge is -2.11. The SMILES string of the molecule is C#CCn1c(-c2ccc(Cl)cc2)ccc(C(=O)O)c1=O. The molecule has 20 heavy (non-hydrogen) atoms. The van der Waals surface area contributed by atoms with E-state index >= 15 is 0 Å². The molecule has 0 unspecified atom stereocenters. The summed E-state index contributed by atoms with van der Waals surface area (Å²) in [6.07, 6.45) is 5.25. The van der Waals surface area contributed by atoms with Crippen molar-refractivity contribution in [2.45, 2.75) is 6.54 Å². The first-order valence-electron chi connectivity index (χ1n) is 5.71. The minimum Gasteiger partial charge on any atom is -0.477 e. The minimum absolute atomic E-state index is 0.00207. The third kappa shape index (κ3) is 2.58. The maximum atomic E-state index is 12.1. The van der Waals surface area contributed by atoms with E-state index in [1.54, 1.807) is 30.3 Å². The lowest BCUT2D eigenvalue weighted by atomic mass is 10.1. The van der Waals surface area contributed by atoms with Crippen LogP contribution in [-0.2, 0) is 6.54 Å². The largest absolute Gasteiger partial charge is 0.477 e. The van der Waals surface area contributed by atoms with E-state index in [0.29, 0.717) is 10.7 Å². The van der Waals surface area contributed by atoms with Gasteiger partial charge in [-0.15, -0.1) is 6.42 Å². The molecule has 0 saturated heterocycles. The average molecular weight is 288 g/mol. The summed E-state index contributed by atoms with van der Waals surface area (Å²) in [5, 5.41) is 9.54. The van der Waals surface area contributed by atoms with Gasteiger partial charge in [-0.1, -0.05) is 29.7 Å². The fourth-order valence-corrected chi connectivity index (χ4v) is 1.99. The standard InChI is InChI=1S/C15H10ClNO3/c1-2-9-17-13(10-3-5-11(16)6-4-10)8-7-12(14(17)18)15(19)20/h1,3-8H,9H2,(H,19,20). The Morgan fingerprint density at radius 1 is 1.25 bits per heavy atom. The number of aromatic carboxylic acids is 1. The molecule has 1 N–H and O–H groups in total. The van der Waals surface area contributed by atoms with Crippen molar-refractivity contribution in [1.29, 1.82) is 0 Å². The van der Waals surface area contributed by atoms with Crippen LogP contribution in [0, 0.1) is 12.3 Å². The quantitative estimate of drug-likeness (QED) is 0.883. The molecule has 2 rings (SSSR count). The van der Waals surface area contributed by atoms with Gasteiger partial charge in [-0.2, -0.15) is 0 Å². The molecule has 1 heterocycles. The summed E-state index contributed by atoms with van der Waals surface area (Å²) in [5.41, 5.74) is 0.356. The zero-order valence-electron chi connectivity index (χ0n) is 10.3. The first-order valence-corrected chi connectivity index (χ1v) is 6.09. The molecular formula is C15H10ClNO3. The Hall–Kier alpha value is -2.51. The second-order valence-electron chi connectivity index (χ2n) is 4.04. The second kappa shape index (κ2) is 5.64. The number of aromatic nitrogens is 1. The highest BCUT2D eigenvalue weighted by molar-refractivity contribution is 6.30. The van der Waals surface area contributed by atoms with Gasteiger partial charge in [0.15, 0.2) is 0 Å². The van der Waals surface area contributed by atoms with E-state index < -0.39 is 11.5 Å². The molecule has 0 fully saturated rings. The first kappa shape index (κ1) is 13.9. The van der Waals surface area contributed by atoms with Crippen LogP contribution in [0.3, 0.4) is 0 Å². The van der Waals surface area contributed by atoms with Crippen LogP contribution in [0.1, 0.15) is 10.4 Å². The van der Waals surface area contributed by atoms with Gasteiger partial charge in [0.1, 0.15) is 5.56 Å². The van der Waals surface area contributed by atoms with Crippen molar-refractivity contribution < 1.29 is 9.90 Å². The normalized spacial score (nSPS) is 10.0. The molecule has 1 aromatic carbocycles. The van der Waals surface area contributed by atoms with Crippen molar-refractivity contribution in [3.8, 4) is 23.6 Å². The van der Waals surface area contributed by atoms with Gasteiger partial charge in [-0.25, -0.2) is 4.79 Å². The molecule has 0 radical (unpaired) electrons. The summed E-state index contributed by atoms with van der Waals surface area (Å²) >= 11 is 5.82. The van der Waals surface area contributed by atoms with E-state index in [1.165, 1.54) is 10.6 Å². The van der Waals surface area contributed by atoms with Crippen molar-refractivity contribution in [3.05, 3.63) is 57.3 Å². The van der Waals surface area contributed by atoms with Crippen molar-refractivity contribution in [3.63, 3.8) is 0 Å². The lowest BCUT2D eigenvalue weighted by molar-refractivity contribution is 0.0694. The van der Waals surface area contributed by atoms with Gasteiger partial charge in [0.25, 0.3) is 5.56 Å². The summed E-state index contributed by atoms with van der Waals surface area (Å²) in [7, 11) is 0. The van der Waals surface area contributed by atoms with Gasteiger partial charge < -0.3 is 5.11 Å². The predicted molar refractivity (Wildman–Crippen MR) is 76.9 cm³/mol. The molecule has 0 atom stereocenters. The first-order chi connectivity index (χ1) is 9.54. The Kier molecular flexibility index (Phi) is 3.92. The Labute approximate surface area is 120 Å². The minimum atomic E-state index is -1.27. The number of halogens is 1. The second-order valence-corrected chi connectivity index (χ2v) is 4.48. The van der Waals surface area contributed by atoms with E-state index in [-0.39, 0.29) is 12.1 Å². The van der Waals surface area contributed by atoms with Crippen LogP contribution in [0.5, 0.6) is 0 Å². The summed E-state index contributed by atoms with van der Waals surface area (Å²) in [6, 6.07) is 9.70. The Morgan fingerprint density at radius 2 is 1.90 bits per heavy atom. The number of terminal acetylenes is 1. The van der Waals surface area contributed by atoms with E-state index in [0.717, 1.165) is 5.56 Å². The highest BCUT2D eigenvalue weighted by atomic mass is 35.5. The highest BCUT2D eigenvalue weighted by Crippen LogP contribution is 2.20. The molecule has 100 valence electrons. The lowest BCUT2D eigenvalue weighted by Crippen LogP contribution is -2.27. The van der Waals surface area contributed by atoms with Gasteiger partial charge in [0.2, 0.25) is 0 Å². The Balaban J connectivity index is 2.68. The van der Waals surface area contributed by atoms with Gasteiger partial charge in [0.05, 0.1) is 12.2 Å². The fraction of sp³-hybridized carbons (Fsp3) is 0.0667. The smallest absolute Gasteiger partial charge is 0.341 e. The molecule has 0 aliphatic carbocycles. The molecule has 0 aliphatic heterocycles. The van der Waals surface area contributed by atoms with Crippen molar-refractivity contribution in [1.82, 2.24) is 4.57 Å². The number of hydrogen-bond donors (Lipinski definition) is 1. The molecule has 2 aromatic rings. The van der Waals surface area contributed by atoms with E-state index in [1.807, 2.05) is 0 Å². The third-order valence-corrected chi connectivity index (χ3v) is 3.05. The molecule has 1 aromatic heterocycles. The molecule has 0 saturated carbocycles. The van der Waals surface area contributed by atoms with Gasteiger partial charge in [-0.05, 0) is 29.8 Å². The average Bonchev–Trinajstić information content (AvgIpc) is 2.42. The number of nitrogens with zero attached hydrogens (tertiary/aromatic N) is 1. The van der Waals surface area contributed by atoms with Crippen LogP contribution < -0.4 is 5.56 Å². The van der Waals surface area contributed by atoms with Crippen molar-refractivity contribution >= 4 is 17.6 Å². The molecule has 4 nitrogen and oxygen atoms in total. The van der Waals surface area contributed by atoms with Crippen LogP contribution in [0.4, 0.5) is 0 Å². The molecule has 0 bridgehead atoms. The van der Waals surface area contributed by atoms with Gasteiger partial charge in [-0.3, -0.25) is 9.36 Å². The summed E-state index contributed by atoms with van der Waals surface area (Å²) < 4.78 is 1.26. The van der Waals surface area contributed by atoms with E-state index in [4.69, 9.17) is 23.1 Å². The van der Waals surface area contributed by atoms with Gasteiger partial charge in [0, 0.05) is 5.02 Å². The molecule has 0 aliphatic rings. The number of carbonyl (C=O) groups is 1. The summed E-state index contributed by atoms with van der Waals surface area (Å²) in [6.45, 7) is -0.00207. The van der Waals surface area contributed by atoms with Crippen LogP contribution in [0.25, 0.3) is 11.3 Å². The topological polar surface area (TPSA) is 59.3 Å². The highest BCUT2D eigenvalue weighted by Gasteiger charge is 2.14. The zero-order valence-corrected chi connectivity index (χ0v) is 11.1. The maximum absolute atomic E-state index is 12.1. The third-order valence-electron chi connectivity index (χ3n) is 2.79. The van der Waals surface area contributed by atoms with Crippen LogP contribution in [0.15, 0.2) is 41.2 Å². The molecule has 0 amide bonds. The van der Waals surface area contributed by atoms with Crippen molar-refractivity contribution in [2.24, 2.45) is 0 Å². The zero-order chi connectivity index (χ0) is 14.7. The number of benzene rings is 1. The number of carboxylic acid groups (broad SMARTS) is 1. The van der Waals surface area contributed by atoms with Crippen molar-refractivity contribution in [2.75, 3.05) is 0 Å². The predicted octanol–water partition coefficient (Wildman–Crippen LogP) is 2.50. The number of carboxylic acids is 1. The summed E-state index contributed by atoms with van der Waals surface area (Å²) in [4.78, 5) is 23.1.